The van der Waals surface area contributed by atoms with Gasteiger partial charge in [0, 0.05) is 23.2 Å². The second-order valence-electron chi connectivity index (χ2n) is 7.48. The second-order valence-corrected chi connectivity index (χ2v) is 7.48. The third-order valence-electron chi connectivity index (χ3n) is 4.99. The number of fused-ring (bicyclic) bond motifs is 1. The third kappa shape index (κ3) is 3.74. The maximum Gasteiger partial charge on any atom is 0.287 e. The molecule has 0 fully saturated rings. The highest BCUT2D eigenvalue weighted by molar-refractivity contribution is 5.99. The average Bonchev–Trinajstić information content (AvgIpc) is 3.09. The molecule has 1 amide bonds. The minimum atomic E-state index is -0.477. The lowest BCUT2D eigenvalue weighted by Gasteiger charge is -2.21. The van der Waals surface area contributed by atoms with E-state index in [4.69, 9.17) is 4.42 Å². The summed E-state index contributed by atoms with van der Waals surface area (Å²) < 4.78 is 5.78. The number of hydrogen-bond donors (Lipinski definition) is 2. The Hall–Kier alpha value is -3.74. The third-order valence-corrected chi connectivity index (χ3v) is 4.99. The van der Waals surface area contributed by atoms with Crippen LogP contribution < -0.4 is 10.9 Å². The maximum atomic E-state index is 13.0. The summed E-state index contributed by atoms with van der Waals surface area (Å²) in [4.78, 5) is 36.8. The van der Waals surface area contributed by atoms with Gasteiger partial charge in [0.05, 0.1) is 11.7 Å². The van der Waals surface area contributed by atoms with Crippen LogP contribution in [0.3, 0.4) is 0 Å². The molecule has 7 heteroatoms. The molecule has 4 aromatic rings. The van der Waals surface area contributed by atoms with Gasteiger partial charge in [-0.2, -0.15) is 0 Å². The molecule has 152 valence electrons. The molecule has 0 unspecified atom stereocenters. The summed E-state index contributed by atoms with van der Waals surface area (Å²) >= 11 is 0. The van der Waals surface area contributed by atoms with Crippen molar-refractivity contribution in [3.05, 3.63) is 82.1 Å². The van der Waals surface area contributed by atoms with Crippen LogP contribution in [0.1, 0.15) is 41.7 Å². The number of aromatic amines is 1. The lowest BCUT2D eigenvalue weighted by molar-refractivity contribution is 0.0897. The van der Waals surface area contributed by atoms with Crippen molar-refractivity contribution in [1.29, 1.82) is 0 Å². The van der Waals surface area contributed by atoms with Gasteiger partial charge in [0.1, 0.15) is 11.3 Å². The molecule has 2 N–H and O–H groups in total. The molecule has 0 saturated heterocycles. The molecule has 4 rings (SSSR count). The van der Waals surface area contributed by atoms with E-state index >= 15 is 0 Å². The van der Waals surface area contributed by atoms with Crippen molar-refractivity contribution in [2.24, 2.45) is 5.92 Å². The normalized spacial score (nSPS) is 12.3. The number of H-pyrrole nitrogens is 1. The first kappa shape index (κ1) is 19.6. The van der Waals surface area contributed by atoms with Crippen LogP contribution in [0.25, 0.3) is 22.5 Å². The molecule has 7 nitrogen and oxygen atoms in total. The van der Waals surface area contributed by atoms with Gasteiger partial charge in [0.2, 0.25) is 0 Å². The van der Waals surface area contributed by atoms with Crippen LogP contribution in [0.2, 0.25) is 0 Å². The van der Waals surface area contributed by atoms with Crippen LogP contribution in [0.5, 0.6) is 0 Å². The topological polar surface area (TPSA) is 101 Å². The van der Waals surface area contributed by atoms with Crippen LogP contribution in [0.4, 0.5) is 0 Å². The molecule has 3 aromatic heterocycles. The lowest BCUT2D eigenvalue weighted by atomic mass is 10.00. The Kier molecular flexibility index (Phi) is 5.18. The van der Waals surface area contributed by atoms with E-state index in [1.807, 2.05) is 51.1 Å². The molecule has 0 bridgehead atoms. The second kappa shape index (κ2) is 7.94. The Morgan fingerprint density at radius 2 is 1.90 bits per heavy atom. The van der Waals surface area contributed by atoms with Crippen molar-refractivity contribution in [3.8, 4) is 11.5 Å². The predicted molar refractivity (Wildman–Crippen MR) is 114 cm³/mol. The largest absolute Gasteiger partial charge is 0.451 e. The van der Waals surface area contributed by atoms with E-state index in [1.165, 1.54) is 6.07 Å². The van der Waals surface area contributed by atoms with E-state index in [-0.39, 0.29) is 23.1 Å². The lowest BCUT2D eigenvalue weighted by Crippen LogP contribution is -2.33. The highest BCUT2D eigenvalue weighted by Crippen LogP contribution is 2.27. The van der Waals surface area contributed by atoms with Gasteiger partial charge in [-0.3, -0.25) is 14.6 Å². The molecule has 0 aliphatic rings. The van der Waals surface area contributed by atoms with Gasteiger partial charge in [0.15, 0.2) is 11.6 Å². The van der Waals surface area contributed by atoms with Crippen LogP contribution in [0.15, 0.2) is 63.9 Å². The van der Waals surface area contributed by atoms with Gasteiger partial charge in [-0.15, -0.1) is 0 Å². The minimum Gasteiger partial charge on any atom is -0.451 e. The number of aryl methyl sites for hydroxylation is 1. The SMILES string of the molecule is Cc1c(C(=O)N[C@@H](c2cc(=O)[nH]c(-c3ccccn3)n2)C(C)C)oc2ccccc12. The predicted octanol–water partition coefficient (Wildman–Crippen LogP) is 4.01. The zero-order valence-electron chi connectivity index (χ0n) is 17.0. The van der Waals surface area contributed by atoms with E-state index < -0.39 is 6.04 Å². The van der Waals surface area contributed by atoms with E-state index in [2.05, 4.69) is 20.3 Å². The fourth-order valence-electron chi connectivity index (χ4n) is 3.44. The summed E-state index contributed by atoms with van der Waals surface area (Å²) in [7, 11) is 0. The van der Waals surface area contributed by atoms with Crippen LogP contribution >= 0.6 is 0 Å². The molecule has 0 radical (unpaired) electrons. The summed E-state index contributed by atoms with van der Waals surface area (Å²) in [5.41, 5.74) is 2.15. The van der Waals surface area contributed by atoms with Crippen LogP contribution in [0, 0.1) is 12.8 Å². The van der Waals surface area contributed by atoms with Crippen LogP contribution in [-0.2, 0) is 0 Å². The van der Waals surface area contributed by atoms with Gasteiger partial charge >= 0.3 is 0 Å². The number of amides is 1. The number of pyridine rings is 1. The first-order valence-electron chi connectivity index (χ1n) is 9.75. The van der Waals surface area contributed by atoms with Crippen molar-refractivity contribution < 1.29 is 9.21 Å². The fourth-order valence-corrected chi connectivity index (χ4v) is 3.44. The monoisotopic (exact) mass is 402 g/mol. The van der Waals surface area contributed by atoms with E-state index in [0.29, 0.717) is 22.8 Å². The number of aromatic nitrogens is 3. The first-order valence-corrected chi connectivity index (χ1v) is 9.75. The quantitative estimate of drug-likeness (QED) is 0.525. The van der Waals surface area contributed by atoms with Crippen molar-refractivity contribution >= 4 is 16.9 Å². The van der Waals surface area contributed by atoms with Crippen molar-refractivity contribution in [2.45, 2.75) is 26.8 Å². The van der Waals surface area contributed by atoms with Crippen molar-refractivity contribution in [1.82, 2.24) is 20.3 Å². The number of carbonyl (C=O) groups is 1. The molecular formula is C23H22N4O3. The van der Waals surface area contributed by atoms with E-state index in [9.17, 15) is 9.59 Å². The van der Waals surface area contributed by atoms with Crippen molar-refractivity contribution in [3.63, 3.8) is 0 Å². The molecule has 1 atom stereocenters. The molecule has 0 aliphatic heterocycles. The number of carbonyl (C=O) groups excluding carboxylic acids is 1. The first-order chi connectivity index (χ1) is 14.4. The van der Waals surface area contributed by atoms with Gasteiger partial charge in [-0.25, -0.2) is 4.98 Å². The molecule has 3 heterocycles. The summed E-state index contributed by atoms with van der Waals surface area (Å²) in [6.45, 7) is 5.77. The van der Waals surface area contributed by atoms with Gasteiger partial charge in [-0.1, -0.05) is 38.1 Å². The standard InChI is InChI=1S/C23H22N4O3/c1-13(2)20(17-12-19(28)26-22(25-17)16-9-6-7-11-24-16)27-23(29)21-14(3)15-8-4-5-10-18(15)30-21/h4-13,20H,1-3H3,(H,27,29)(H,25,26,28)/t20-/m1/s1. The Balaban J connectivity index is 1.69. The van der Waals surface area contributed by atoms with Gasteiger partial charge < -0.3 is 14.7 Å². The number of benzene rings is 1. The van der Waals surface area contributed by atoms with E-state index in [0.717, 1.165) is 10.9 Å². The summed E-state index contributed by atoms with van der Waals surface area (Å²) in [5, 5.41) is 3.89. The van der Waals surface area contributed by atoms with Crippen molar-refractivity contribution in [2.75, 3.05) is 0 Å². The highest BCUT2D eigenvalue weighted by atomic mass is 16.3. The summed E-state index contributed by atoms with van der Waals surface area (Å²) in [5.74, 6) is 0.267. The zero-order valence-corrected chi connectivity index (χ0v) is 17.0. The summed E-state index contributed by atoms with van der Waals surface area (Å²) in [6, 6.07) is 13.8. The zero-order chi connectivity index (χ0) is 21.3. The highest BCUT2D eigenvalue weighted by Gasteiger charge is 2.25. The number of nitrogens with one attached hydrogen (secondary N) is 2. The molecule has 0 aliphatic carbocycles. The molecule has 30 heavy (non-hydrogen) atoms. The van der Waals surface area contributed by atoms with Gasteiger partial charge in [0.25, 0.3) is 11.5 Å². The fraction of sp³-hybridized carbons (Fsp3) is 0.217. The molecular weight excluding hydrogens is 380 g/mol. The Bertz CT molecular complexity index is 1260. The molecule has 0 saturated carbocycles. The Morgan fingerprint density at radius 1 is 1.13 bits per heavy atom. The molecule has 1 aromatic carbocycles. The summed E-state index contributed by atoms with van der Waals surface area (Å²) in [6.07, 6.45) is 1.63. The Morgan fingerprint density at radius 3 is 2.60 bits per heavy atom. The smallest absolute Gasteiger partial charge is 0.287 e. The van der Waals surface area contributed by atoms with E-state index in [1.54, 1.807) is 18.3 Å². The average molecular weight is 402 g/mol. The number of furan rings is 1. The number of nitrogens with zero attached hydrogens (tertiary/aromatic N) is 2. The number of rotatable bonds is 5. The maximum absolute atomic E-state index is 13.0. The van der Waals surface area contributed by atoms with Crippen LogP contribution in [-0.4, -0.2) is 20.9 Å². The minimum absolute atomic E-state index is 0.00971. The Labute approximate surface area is 173 Å². The van der Waals surface area contributed by atoms with Gasteiger partial charge in [-0.05, 0) is 31.0 Å². The number of para-hydroxylation sites is 1. The molecule has 0 spiro atoms. The number of hydrogen-bond acceptors (Lipinski definition) is 5.